The lowest BCUT2D eigenvalue weighted by Crippen LogP contribution is -2.39. The number of epoxide rings is 1. The van der Waals surface area contributed by atoms with Crippen LogP contribution < -0.4 is 11.2 Å². The molecule has 1 aliphatic rings. The first kappa shape index (κ1) is 24.7. The van der Waals surface area contributed by atoms with Crippen LogP contribution in [0.2, 0.25) is 0 Å². The van der Waals surface area contributed by atoms with Crippen molar-refractivity contribution < 1.29 is 4.74 Å². The molecule has 0 aliphatic carbocycles. The van der Waals surface area contributed by atoms with E-state index in [-0.39, 0.29) is 11.2 Å². The molecular weight excluding hydrogens is 404 g/mol. The number of nitrogens with zero attached hydrogens (tertiary/aromatic N) is 4. The van der Waals surface area contributed by atoms with Gasteiger partial charge in [0.05, 0.1) is 19.0 Å². The van der Waals surface area contributed by atoms with E-state index in [0.717, 1.165) is 19.4 Å². The summed E-state index contributed by atoms with van der Waals surface area (Å²) in [5.41, 5.74) is 0.457. The summed E-state index contributed by atoms with van der Waals surface area (Å²) in [5.74, 6) is 0. The number of rotatable bonds is 17. The molecule has 32 heavy (non-hydrogen) atoms. The molecular formula is C25H42N4O3. The highest BCUT2D eigenvalue weighted by molar-refractivity contribution is 5.69. The van der Waals surface area contributed by atoms with Crippen LogP contribution in [0.25, 0.3) is 11.2 Å². The second kappa shape index (κ2) is 13.0. The van der Waals surface area contributed by atoms with Gasteiger partial charge in [0.2, 0.25) is 0 Å². The summed E-state index contributed by atoms with van der Waals surface area (Å²) in [6.45, 7) is 1.49. The fraction of sp³-hybridized carbons (Fsp3) is 0.800. The summed E-state index contributed by atoms with van der Waals surface area (Å²) in [5, 5.41) is 0. The van der Waals surface area contributed by atoms with Crippen molar-refractivity contribution in [2.75, 3.05) is 6.61 Å². The lowest BCUT2D eigenvalue weighted by Gasteiger charge is -2.08. The number of aryl methyl sites for hydroxylation is 2. The molecule has 0 aromatic carbocycles. The van der Waals surface area contributed by atoms with Crippen LogP contribution in [-0.4, -0.2) is 31.4 Å². The highest BCUT2D eigenvalue weighted by Gasteiger charge is 2.20. The van der Waals surface area contributed by atoms with Crippen molar-refractivity contribution in [3.05, 3.63) is 27.2 Å². The number of aromatic nitrogens is 4. The van der Waals surface area contributed by atoms with Gasteiger partial charge in [0, 0.05) is 20.6 Å². The summed E-state index contributed by atoms with van der Waals surface area (Å²) in [4.78, 5) is 29.3. The van der Waals surface area contributed by atoms with Gasteiger partial charge in [-0.3, -0.25) is 13.9 Å². The number of hydrogen-bond acceptors (Lipinski definition) is 4. The highest BCUT2D eigenvalue weighted by atomic mass is 16.6. The van der Waals surface area contributed by atoms with Crippen molar-refractivity contribution in [1.29, 1.82) is 0 Å². The van der Waals surface area contributed by atoms with Gasteiger partial charge in [-0.2, -0.15) is 0 Å². The van der Waals surface area contributed by atoms with E-state index >= 15 is 0 Å². The van der Waals surface area contributed by atoms with Gasteiger partial charge in [-0.05, 0) is 12.8 Å². The van der Waals surface area contributed by atoms with Crippen molar-refractivity contribution in [1.82, 2.24) is 18.7 Å². The molecule has 0 N–H and O–H groups in total. The largest absolute Gasteiger partial charge is 0.373 e. The molecule has 1 aliphatic heterocycles. The van der Waals surface area contributed by atoms with E-state index in [1.54, 1.807) is 25.0 Å². The second-order valence-electron chi connectivity index (χ2n) is 9.52. The summed E-state index contributed by atoms with van der Waals surface area (Å²) >= 11 is 0. The third-order valence-electron chi connectivity index (χ3n) is 6.76. The first-order chi connectivity index (χ1) is 15.6. The first-order valence-electron chi connectivity index (χ1n) is 12.8. The normalized spacial score (nSPS) is 15.6. The van der Waals surface area contributed by atoms with Crippen LogP contribution in [0, 0.1) is 0 Å². The van der Waals surface area contributed by atoms with E-state index in [0.29, 0.717) is 23.8 Å². The maximum atomic E-state index is 12.7. The molecule has 1 atom stereocenters. The number of unbranched alkanes of at least 4 members (excludes halogenated alkanes) is 13. The smallest absolute Gasteiger partial charge is 0.332 e. The predicted octanol–water partition coefficient (Wildman–Crippen LogP) is 4.68. The zero-order valence-electron chi connectivity index (χ0n) is 20.2. The quantitative estimate of drug-likeness (QED) is 0.261. The molecule has 3 heterocycles. The molecule has 3 rings (SSSR count). The standard InChI is InChI=1S/C25H42N4O3/c1-27-20-26-23-22(27)24(30)29(25(31)28(23)2)18-16-14-12-10-8-6-4-3-5-7-9-11-13-15-17-21-19-32-21/h20-21H,3-19H2,1-2H3. The molecule has 0 spiro atoms. The molecule has 0 amide bonds. The van der Waals surface area contributed by atoms with Gasteiger partial charge in [-0.25, -0.2) is 9.78 Å². The molecule has 0 bridgehead atoms. The minimum absolute atomic E-state index is 0.226. The third-order valence-corrected chi connectivity index (χ3v) is 6.76. The molecule has 0 saturated carbocycles. The van der Waals surface area contributed by atoms with Crippen molar-refractivity contribution >= 4 is 11.2 Å². The lowest BCUT2D eigenvalue weighted by molar-refractivity contribution is 0.387. The zero-order chi connectivity index (χ0) is 22.8. The van der Waals surface area contributed by atoms with Crippen LogP contribution >= 0.6 is 0 Å². The summed E-state index contributed by atoms with van der Waals surface area (Å²) in [6.07, 6.45) is 21.5. The molecule has 1 fully saturated rings. The van der Waals surface area contributed by atoms with Gasteiger partial charge >= 0.3 is 5.69 Å². The molecule has 2 aromatic rings. The van der Waals surface area contributed by atoms with Crippen LogP contribution in [0.15, 0.2) is 15.9 Å². The van der Waals surface area contributed by atoms with E-state index < -0.39 is 0 Å². The molecule has 0 radical (unpaired) electrons. The molecule has 7 nitrogen and oxygen atoms in total. The first-order valence-corrected chi connectivity index (χ1v) is 12.8. The summed E-state index contributed by atoms with van der Waals surface area (Å²) in [6, 6.07) is 0. The Morgan fingerprint density at radius 1 is 0.844 bits per heavy atom. The van der Waals surface area contributed by atoms with Gasteiger partial charge < -0.3 is 9.30 Å². The zero-order valence-corrected chi connectivity index (χ0v) is 20.2. The fourth-order valence-corrected chi connectivity index (χ4v) is 4.59. The van der Waals surface area contributed by atoms with Crippen LogP contribution in [0.5, 0.6) is 0 Å². The topological polar surface area (TPSA) is 74.3 Å². The number of ether oxygens (including phenoxy) is 1. The summed E-state index contributed by atoms with van der Waals surface area (Å²) < 4.78 is 9.78. The monoisotopic (exact) mass is 446 g/mol. The number of fused-ring (bicyclic) bond motifs is 1. The Bertz CT molecular complexity index is 939. The fourth-order valence-electron chi connectivity index (χ4n) is 4.59. The van der Waals surface area contributed by atoms with Crippen molar-refractivity contribution in [2.24, 2.45) is 14.1 Å². The molecule has 2 aromatic heterocycles. The Morgan fingerprint density at radius 3 is 1.88 bits per heavy atom. The second-order valence-corrected chi connectivity index (χ2v) is 9.52. The molecule has 7 heteroatoms. The van der Waals surface area contributed by atoms with Crippen LogP contribution in [0.3, 0.4) is 0 Å². The maximum absolute atomic E-state index is 12.7. The van der Waals surface area contributed by atoms with Crippen molar-refractivity contribution in [3.63, 3.8) is 0 Å². The van der Waals surface area contributed by atoms with E-state index in [4.69, 9.17) is 4.74 Å². The van der Waals surface area contributed by atoms with Crippen LogP contribution in [0.4, 0.5) is 0 Å². The SMILES string of the molecule is Cn1cnc2c1c(=O)n(CCCCCCCCCCCCCCCCC1CO1)c(=O)n2C. The van der Waals surface area contributed by atoms with E-state index in [1.807, 2.05) is 0 Å². The van der Waals surface area contributed by atoms with Crippen molar-refractivity contribution in [3.8, 4) is 0 Å². The maximum Gasteiger partial charge on any atom is 0.332 e. The van der Waals surface area contributed by atoms with E-state index in [1.165, 1.54) is 92.6 Å². The van der Waals surface area contributed by atoms with Gasteiger partial charge in [0.25, 0.3) is 5.56 Å². The van der Waals surface area contributed by atoms with Gasteiger partial charge in [0.1, 0.15) is 0 Å². The number of hydrogen-bond donors (Lipinski definition) is 0. The molecule has 1 unspecified atom stereocenters. The average molecular weight is 447 g/mol. The minimum atomic E-state index is -0.269. The van der Waals surface area contributed by atoms with Crippen LogP contribution in [-0.2, 0) is 25.4 Å². The third kappa shape index (κ3) is 7.32. The lowest BCUT2D eigenvalue weighted by atomic mass is 10.0. The molecule has 1 saturated heterocycles. The molecule has 180 valence electrons. The Hall–Kier alpha value is -1.89. The Morgan fingerprint density at radius 2 is 1.34 bits per heavy atom. The van der Waals surface area contributed by atoms with Gasteiger partial charge in [-0.1, -0.05) is 83.5 Å². The van der Waals surface area contributed by atoms with Crippen molar-refractivity contribution in [2.45, 2.75) is 109 Å². The number of imidazole rings is 1. The van der Waals surface area contributed by atoms with Gasteiger partial charge in [0.15, 0.2) is 11.2 Å². The van der Waals surface area contributed by atoms with E-state index in [2.05, 4.69) is 4.98 Å². The minimum Gasteiger partial charge on any atom is -0.373 e. The highest BCUT2D eigenvalue weighted by Crippen LogP contribution is 2.18. The van der Waals surface area contributed by atoms with E-state index in [9.17, 15) is 9.59 Å². The summed E-state index contributed by atoms with van der Waals surface area (Å²) in [7, 11) is 3.47. The Kier molecular flexibility index (Phi) is 10.0. The Balaban J connectivity index is 1.17. The predicted molar refractivity (Wildman–Crippen MR) is 129 cm³/mol. The van der Waals surface area contributed by atoms with Crippen LogP contribution in [0.1, 0.15) is 96.3 Å². The Labute approximate surface area is 191 Å². The van der Waals surface area contributed by atoms with Gasteiger partial charge in [-0.15, -0.1) is 0 Å². The average Bonchev–Trinajstić information content (AvgIpc) is 3.53.